The van der Waals surface area contributed by atoms with Crippen LogP contribution in [0.1, 0.15) is 30.5 Å². The van der Waals surface area contributed by atoms with Crippen molar-refractivity contribution in [3.05, 3.63) is 23.5 Å². The molecule has 0 aromatic carbocycles. The van der Waals surface area contributed by atoms with Crippen LogP contribution in [0.25, 0.3) is 0 Å². The van der Waals surface area contributed by atoms with E-state index in [1.54, 1.807) is 0 Å². The van der Waals surface area contributed by atoms with Gasteiger partial charge in [-0.2, -0.15) is 5.26 Å². The Balaban J connectivity index is 1.75. The van der Waals surface area contributed by atoms with Gasteiger partial charge in [0.05, 0.1) is 6.10 Å². The second-order valence-electron chi connectivity index (χ2n) is 4.58. The second-order valence-corrected chi connectivity index (χ2v) is 4.58. The zero-order valence-corrected chi connectivity index (χ0v) is 10.3. The highest BCUT2D eigenvalue weighted by Crippen LogP contribution is 2.12. The Labute approximate surface area is 102 Å². The molecular formula is C13H19N3O. The maximum Gasteiger partial charge on any atom is 0.120 e. The Morgan fingerprint density at radius 1 is 1.59 bits per heavy atom. The first kappa shape index (κ1) is 12.2. The quantitative estimate of drug-likeness (QED) is 0.858. The molecule has 2 rings (SSSR count). The first-order valence-corrected chi connectivity index (χ1v) is 6.17. The highest BCUT2D eigenvalue weighted by atomic mass is 16.5. The summed E-state index contributed by atoms with van der Waals surface area (Å²) in [5.41, 5.74) is 1.86. The summed E-state index contributed by atoms with van der Waals surface area (Å²) in [6, 6.07) is 4.09. The molecule has 0 radical (unpaired) electrons. The number of nitriles is 1. The average Bonchev–Trinajstić information content (AvgIpc) is 2.71. The number of hydrogen-bond acceptors (Lipinski definition) is 3. The highest BCUT2D eigenvalue weighted by molar-refractivity contribution is 5.28. The van der Waals surface area contributed by atoms with Crippen LogP contribution < -0.4 is 5.32 Å². The molecule has 92 valence electrons. The van der Waals surface area contributed by atoms with E-state index in [0.29, 0.717) is 11.8 Å². The van der Waals surface area contributed by atoms with Gasteiger partial charge < -0.3 is 14.6 Å². The molecule has 4 nitrogen and oxygen atoms in total. The smallest absolute Gasteiger partial charge is 0.120 e. The van der Waals surface area contributed by atoms with Gasteiger partial charge in [0, 0.05) is 32.9 Å². The van der Waals surface area contributed by atoms with Gasteiger partial charge in [0.2, 0.25) is 0 Å². The topological polar surface area (TPSA) is 50.0 Å². The van der Waals surface area contributed by atoms with Crippen molar-refractivity contribution in [1.29, 1.82) is 5.26 Å². The van der Waals surface area contributed by atoms with Crippen LogP contribution in [0.2, 0.25) is 0 Å². The predicted octanol–water partition coefficient (Wildman–Crippen LogP) is 1.56. The van der Waals surface area contributed by atoms with Crippen molar-refractivity contribution in [2.24, 2.45) is 7.05 Å². The second kappa shape index (κ2) is 5.85. The van der Waals surface area contributed by atoms with E-state index in [9.17, 15) is 0 Å². The average molecular weight is 233 g/mol. The van der Waals surface area contributed by atoms with Crippen molar-refractivity contribution in [2.75, 3.05) is 13.2 Å². The lowest BCUT2D eigenvalue weighted by molar-refractivity contribution is 0.0168. The summed E-state index contributed by atoms with van der Waals surface area (Å²) in [6.45, 7) is 2.60. The van der Waals surface area contributed by atoms with E-state index in [4.69, 9.17) is 10.00 Å². The maximum atomic E-state index is 8.85. The van der Waals surface area contributed by atoms with Gasteiger partial charge in [-0.15, -0.1) is 0 Å². The highest BCUT2D eigenvalue weighted by Gasteiger charge is 2.13. The molecule has 1 saturated heterocycles. The van der Waals surface area contributed by atoms with Crippen molar-refractivity contribution in [1.82, 2.24) is 9.88 Å². The first-order chi connectivity index (χ1) is 8.29. The zero-order valence-electron chi connectivity index (χ0n) is 10.3. The molecular weight excluding hydrogens is 214 g/mol. The van der Waals surface area contributed by atoms with Gasteiger partial charge in [-0.05, 0) is 30.9 Å². The van der Waals surface area contributed by atoms with Crippen molar-refractivity contribution < 1.29 is 4.74 Å². The van der Waals surface area contributed by atoms with Crippen molar-refractivity contribution in [2.45, 2.75) is 31.9 Å². The SMILES string of the molecule is Cn1cc(CNCC2CCCCO2)cc1C#N. The third-order valence-corrected chi connectivity index (χ3v) is 3.15. The van der Waals surface area contributed by atoms with E-state index in [2.05, 4.69) is 11.4 Å². The van der Waals surface area contributed by atoms with Gasteiger partial charge in [0.25, 0.3) is 0 Å². The largest absolute Gasteiger partial charge is 0.377 e. The molecule has 2 heterocycles. The summed E-state index contributed by atoms with van der Waals surface area (Å²) < 4.78 is 7.50. The number of nitrogens with zero attached hydrogens (tertiary/aromatic N) is 2. The number of hydrogen-bond donors (Lipinski definition) is 1. The minimum absolute atomic E-state index is 0.364. The Morgan fingerprint density at radius 2 is 2.47 bits per heavy atom. The molecule has 1 fully saturated rings. The fraction of sp³-hybridized carbons (Fsp3) is 0.615. The van der Waals surface area contributed by atoms with Crippen LogP contribution in [-0.4, -0.2) is 23.8 Å². The van der Waals surface area contributed by atoms with Crippen LogP contribution in [0.5, 0.6) is 0 Å². The first-order valence-electron chi connectivity index (χ1n) is 6.17. The lowest BCUT2D eigenvalue weighted by atomic mass is 10.1. The standard InChI is InChI=1S/C13H19N3O/c1-16-10-11(6-12(16)7-14)8-15-9-13-4-2-3-5-17-13/h6,10,13,15H,2-5,8-9H2,1H3. The van der Waals surface area contributed by atoms with Gasteiger partial charge in [0.15, 0.2) is 0 Å². The van der Waals surface area contributed by atoms with Crippen LogP contribution in [0.3, 0.4) is 0 Å². The van der Waals surface area contributed by atoms with E-state index < -0.39 is 0 Å². The molecule has 1 N–H and O–H groups in total. The maximum absolute atomic E-state index is 8.85. The monoisotopic (exact) mass is 233 g/mol. The lowest BCUT2D eigenvalue weighted by Crippen LogP contribution is -2.31. The molecule has 4 heteroatoms. The number of aromatic nitrogens is 1. The zero-order chi connectivity index (χ0) is 12.1. The number of ether oxygens (including phenoxy) is 1. The lowest BCUT2D eigenvalue weighted by Gasteiger charge is -2.22. The van der Waals surface area contributed by atoms with Gasteiger partial charge >= 0.3 is 0 Å². The van der Waals surface area contributed by atoms with Gasteiger partial charge in [0.1, 0.15) is 11.8 Å². The Bertz CT molecular complexity index is 399. The fourth-order valence-corrected chi connectivity index (χ4v) is 2.19. The molecule has 1 aromatic heterocycles. The van der Waals surface area contributed by atoms with E-state index >= 15 is 0 Å². The molecule has 0 bridgehead atoms. The van der Waals surface area contributed by atoms with E-state index in [1.165, 1.54) is 12.8 Å². The van der Waals surface area contributed by atoms with Gasteiger partial charge in [-0.3, -0.25) is 0 Å². The molecule has 1 aliphatic heterocycles. The van der Waals surface area contributed by atoms with Crippen LogP contribution in [-0.2, 0) is 18.3 Å². The minimum Gasteiger partial charge on any atom is -0.377 e. The molecule has 0 amide bonds. The normalized spacial score (nSPS) is 20.1. The molecule has 1 atom stereocenters. The number of nitrogens with one attached hydrogen (secondary N) is 1. The summed E-state index contributed by atoms with van der Waals surface area (Å²) in [4.78, 5) is 0. The third-order valence-electron chi connectivity index (χ3n) is 3.15. The summed E-state index contributed by atoms with van der Waals surface area (Å²) in [5, 5.41) is 12.2. The predicted molar refractivity (Wildman–Crippen MR) is 65.4 cm³/mol. The molecule has 1 aromatic rings. The van der Waals surface area contributed by atoms with Gasteiger partial charge in [-0.25, -0.2) is 0 Å². The number of rotatable bonds is 4. The Morgan fingerprint density at radius 3 is 3.12 bits per heavy atom. The van der Waals surface area contributed by atoms with Crippen molar-refractivity contribution >= 4 is 0 Å². The molecule has 0 saturated carbocycles. The summed E-state index contributed by atoms with van der Waals surface area (Å²) in [5.74, 6) is 0. The summed E-state index contributed by atoms with van der Waals surface area (Å²) in [7, 11) is 1.90. The molecule has 0 spiro atoms. The van der Waals surface area contributed by atoms with E-state index in [1.807, 2.05) is 23.9 Å². The van der Waals surface area contributed by atoms with Crippen molar-refractivity contribution in [3.8, 4) is 6.07 Å². The van der Waals surface area contributed by atoms with Crippen molar-refractivity contribution in [3.63, 3.8) is 0 Å². The summed E-state index contributed by atoms with van der Waals surface area (Å²) in [6.07, 6.45) is 5.98. The molecule has 1 unspecified atom stereocenters. The van der Waals surface area contributed by atoms with Crippen LogP contribution in [0, 0.1) is 11.3 Å². The molecule has 1 aliphatic rings. The Hall–Kier alpha value is -1.31. The van der Waals surface area contributed by atoms with Gasteiger partial charge in [-0.1, -0.05) is 0 Å². The minimum atomic E-state index is 0.364. The third kappa shape index (κ3) is 3.32. The van der Waals surface area contributed by atoms with E-state index in [0.717, 1.165) is 31.7 Å². The van der Waals surface area contributed by atoms with Crippen LogP contribution in [0.4, 0.5) is 0 Å². The Kier molecular flexibility index (Phi) is 4.18. The fourth-order valence-electron chi connectivity index (χ4n) is 2.19. The molecule has 0 aliphatic carbocycles. The van der Waals surface area contributed by atoms with Crippen LogP contribution >= 0.6 is 0 Å². The van der Waals surface area contributed by atoms with Crippen LogP contribution in [0.15, 0.2) is 12.3 Å². The number of aryl methyl sites for hydroxylation is 1. The summed E-state index contributed by atoms with van der Waals surface area (Å²) >= 11 is 0. The molecule has 17 heavy (non-hydrogen) atoms. The van der Waals surface area contributed by atoms with E-state index in [-0.39, 0.29) is 0 Å².